The number of ether oxygens (including phenoxy) is 2. The number of aromatic nitrogens is 6. The highest BCUT2D eigenvalue weighted by atomic mass is 19.1. The van der Waals surface area contributed by atoms with Gasteiger partial charge in [-0.05, 0) is 91.2 Å². The van der Waals surface area contributed by atoms with Crippen LogP contribution in [0, 0.1) is 35.4 Å². The molecule has 6 atom stereocenters. The zero-order valence-electron chi connectivity index (χ0n) is 32.0. The number of anilines is 1. The second-order valence-electron chi connectivity index (χ2n) is 15.7. The van der Waals surface area contributed by atoms with Crippen LogP contribution in [0.15, 0.2) is 115 Å². The largest absolute Gasteiger partial charge is 0.466 e. The highest BCUT2D eigenvalue weighted by Gasteiger charge is 2.59. The lowest BCUT2D eigenvalue weighted by Crippen LogP contribution is -2.62. The maximum atomic E-state index is 15.5. The summed E-state index contributed by atoms with van der Waals surface area (Å²) < 4.78 is 30.6. The Bertz CT molecular complexity index is 2480. The molecule has 4 saturated carbocycles. The van der Waals surface area contributed by atoms with Gasteiger partial charge in [-0.15, -0.1) is 5.10 Å². The minimum Gasteiger partial charge on any atom is -0.466 e. The summed E-state index contributed by atoms with van der Waals surface area (Å²) in [6.07, 6.45) is 5.68. The van der Waals surface area contributed by atoms with Gasteiger partial charge < -0.3 is 14.8 Å². The van der Waals surface area contributed by atoms with Crippen LogP contribution in [0.5, 0.6) is 0 Å². The molecule has 4 aliphatic rings. The Kier molecular flexibility index (Phi) is 8.85. The highest BCUT2D eigenvalue weighted by Crippen LogP contribution is 2.60. The van der Waals surface area contributed by atoms with E-state index in [2.05, 4.69) is 41.7 Å². The van der Waals surface area contributed by atoms with Crippen LogP contribution in [-0.4, -0.2) is 55.1 Å². The number of nitrogens with zero attached hydrogens (tertiary/aromatic N) is 6. The standard InChI is InChI=1S/C46H44FN7O3/c1-3-57-45(55)39-35-22-23-36(34-21-20-33(34)35)40(39)49-42-38-24-19-32(27-56-2)53(38)52-43(50-42)41-37-25-31(47)26-48-44(37)54(51-41)46(28-13-7-4-8-14-28,29-15-9-5-10-16-29)30-17-11-6-12-18-30/h4-19,24-26,33-36,39-40H,3,20-23,27H2,1-2H3,(H,49,50,52)/t33?,34?,35-,36+,39+,40+/m0/s1. The Morgan fingerprint density at radius 1 is 0.825 bits per heavy atom. The van der Waals surface area contributed by atoms with Gasteiger partial charge in [0, 0.05) is 13.2 Å². The fourth-order valence-corrected chi connectivity index (χ4v) is 10.6. The van der Waals surface area contributed by atoms with Crippen molar-refractivity contribution in [2.24, 2.45) is 29.6 Å². The third-order valence-corrected chi connectivity index (χ3v) is 13.0. The minimum atomic E-state index is -1.03. The van der Waals surface area contributed by atoms with Crippen molar-refractivity contribution >= 4 is 28.3 Å². The SMILES string of the molecule is CCOC(=O)[C@H]1[C@H](Nc2nc(-c3nn(C(c4ccccc4)(c4ccccc4)c4ccccc4)c4ncc(F)cc34)nn3c(COC)ccc23)[C@@H]2CC[C@H]1C1CCC12. The number of carbonyl (C=O) groups excluding carboxylic acids is 1. The molecule has 3 aromatic carbocycles. The first-order valence-corrected chi connectivity index (χ1v) is 20.0. The highest BCUT2D eigenvalue weighted by molar-refractivity contribution is 5.90. The van der Waals surface area contributed by atoms with E-state index >= 15 is 4.39 Å². The summed E-state index contributed by atoms with van der Waals surface area (Å²) in [5.41, 5.74) is 4.21. The number of hydrogen-bond acceptors (Lipinski definition) is 8. The zero-order chi connectivity index (χ0) is 38.7. The smallest absolute Gasteiger partial charge is 0.311 e. The molecule has 4 aliphatic carbocycles. The maximum Gasteiger partial charge on any atom is 0.311 e. The quantitative estimate of drug-likeness (QED) is 0.104. The molecule has 0 amide bonds. The molecule has 0 aliphatic heterocycles. The van der Waals surface area contributed by atoms with Crippen molar-refractivity contribution in [3.63, 3.8) is 0 Å². The van der Waals surface area contributed by atoms with Crippen LogP contribution in [0.2, 0.25) is 0 Å². The zero-order valence-corrected chi connectivity index (χ0v) is 32.0. The fourth-order valence-electron chi connectivity index (χ4n) is 10.6. The van der Waals surface area contributed by atoms with E-state index in [4.69, 9.17) is 29.6 Å². The van der Waals surface area contributed by atoms with E-state index in [1.54, 1.807) is 7.11 Å². The van der Waals surface area contributed by atoms with Crippen molar-refractivity contribution in [1.29, 1.82) is 0 Å². The molecule has 4 heterocycles. The molecule has 57 heavy (non-hydrogen) atoms. The average Bonchev–Trinajstić information content (AvgIpc) is 3.81. The average molecular weight is 762 g/mol. The summed E-state index contributed by atoms with van der Waals surface area (Å²) in [5.74, 6) is 1.68. The molecule has 0 spiro atoms. The number of rotatable bonds is 11. The third-order valence-electron chi connectivity index (χ3n) is 13.0. The summed E-state index contributed by atoms with van der Waals surface area (Å²) >= 11 is 0. The van der Waals surface area contributed by atoms with Gasteiger partial charge in [-0.2, -0.15) is 5.10 Å². The van der Waals surface area contributed by atoms with E-state index in [9.17, 15) is 4.79 Å². The minimum absolute atomic E-state index is 0.138. The second kappa shape index (κ2) is 14.2. The summed E-state index contributed by atoms with van der Waals surface area (Å²) in [5, 5.41) is 14.8. The first-order chi connectivity index (χ1) is 28.0. The number of carbonyl (C=O) groups is 1. The van der Waals surface area contributed by atoms with Gasteiger partial charge in [-0.1, -0.05) is 91.0 Å². The number of esters is 1. The van der Waals surface area contributed by atoms with Crippen molar-refractivity contribution < 1.29 is 18.7 Å². The molecular weight excluding hydrogens is 718 g/mol. The summed E-state index contributed by atoms with van der Waals surface area (Å²) in [4.78, 5) is 23.8. The first-order valence-electron chi connectivity index (χ1n) is 20.0. The molecule has 2 bridgehead atoms. The lowest BCUT2D eigenvalue weighted by molar-refractivity contribution is -0.166. The van der Waals surface area contributed by atoms with Gasteiger partial charge in [-0.25, -0.2) is 23.6 Å². The molecule has 0 radical (unpaired) electrons. The molecule has 4 fully saturated rings. The van der Waals surface area contributed by atoms with Crippen LogP contribution in [0.4, 0.5) is 10.2 Å². The van der Waals surface area contributed by atoms with Crippen molar-refractivity contribution in [2.45, 2.75) is 50.8 Å². The van der Waals surface area contributed by atoms with Gasteiger partial charge in [0.1, 0.15) is 22.6 Å². The Hall–Kier alpha value is -5.94. The predicted molar refractivity (Wildman–Crippen MR) is 215 cm³/mol. The second-order valence-corrected chi connectivity index (χ2v) is 15.7. The van der Waals surface area contributed by atoms with Crippen LogP contribution in [0.3, 0.4) is 0 Å². The van der Waals surface area contributed by atoms with E-state index in [0.29, 0.717) is 53.5 Å². The lowest BCUT2D eigenvalue weighted by Gasteiger charge is -2.61. The van der Waals surface area contributed by atoms with Crippen LogP contribution in [0.25, 0.3) is 28.1 Å². The fraction of sp³-hybridized carbons (Fsp3) is 0.326. The van der Waals surface area contributed by atoms with Gasteiger partial charge >= 0.3 is 5.97 Å². The molecule has 7 aromatic rings. The normalized spacial score (nSPS) is 22.6. The molecule has 10 nitrogen and oxygen atoms in total. The molecule has 0 saturated heterocycles. The topological polar surface area (TPSA) is 108 Å². The van der Waals surface area contributed by atoms with Crippen LogP contribution in [0.1, 0.15) is 55.0 Å². The van der Waals surface area contributed by atoms with Crippen LogP contribution in [-0.2, 0) is 26.4 Å². The van der Waals surface area contributed by atoms with Gasteiger partial charge in [0.05, 0.1) is 36.4 Å². The lowest BCUT2D eigenvalue weighted by atomic mass is 9.46. The molecule has 11 heteroatoms. The number of nitrogens with one attached hydrogen (secondary N) is 1. The van der Waals surface area contributed by atoms with E-state index in [1.165, 1.54) is 25.1 Å². The first kappa shape index (κ1) is 35.5. The van der Waals surface area contributed by atoms with Gasteiger partial charge in [-0.3, -0.25) is 4.79 Å². The van der Waals surface area contributed by atoms with Gasteiger partial charge in [0.15, 0.2) is 11.5 Å². The van der Waals surface area contributed by atoms with Crippen LogP contribution < -0.4 is 5.32 Å². The Morgan fingerprint density at radius 3 is 2.05 bits per heavy atom. The van der Waals surface area contributed by atoms with Crippen molar-refractivity contribution in [1.82, 2.24) is 29.4 Å². The maximum absolute atomic E-state index is 15.5. The molecular formula is C46H44FN7O3. The van der Waals surface area contributed by atoms with Gasteiger partial charge in [0.2, 0.25) is 5.82 Å². The predicted octanol–water partition coefficient (Wildman–Crippen LogP) is 8.29. The van der Waals surface area contributed by atoms with E-state index in [1.807, 2.05) is 82.9 Å². The Labute approximate surface area is 330 Å². The number of benzene rings is 3. The molecule has 11 rings (SSSR count). The van der Waals surface area contributed by atoms with E-state index in [0.717, 1.165) is 40.7 Å². The van der Waals surface area contributed by atoms with Crippen LogP contribution >= 0.6 is 0 Å². The summed E-state index contributed by atoms with van der Waals surface area (Å²) in [6.45, 7) is 2.51. The molecule has 4 aromatic heterocycles. The number of hydrogen-bond donors (Lipinski definition) is 1. The number of halogens is 1. The molecule has 2 unspecified atom stereocenters. The molecule has 288 valence electrons. The third kappa shape index (κ3) is 5.57. The van der Waals surface area contributed by atoms with Crippen molar-refractivity contribution in [3.05, 3.63) is 144 Å². The van der Waals surface area contributed by atoms with E-state index in [-0.39, 0.29) is 29.7 Å². The summed E-state index contributed by atoms with van der Waals surface area (Å²) in [7, 11) is 1.65. The Balaban J connectivity index is 1.21. The molecule has 1 N–H and O–H groups in total. The number of pyridine rings is 1. The van der Waals surface area contributed by atoms with Crippen molar-refractivity contribution in [3.8, 4) is 11.5 Å². The van der Waals surface area contributed by atoms with Gasteiger partial charge in [0.25, 0.3) is 0 Å². The monoisotopic (exact) mass is 761 g/mol. The van der Waals surface area contributed by atoms with E-state index < -0.39 is 11.4 Å². The van der Waals surface area contributed by atoms with Crippen molar-refractivity contribution in [2.75, 3.05) is 19.0 Å². The summed E-state index contributed by atoms with van der Waals surface area (Å²) in [6, 6.07) is 35.8. The Morgan fingerprint density at radius 2 is 1.44 bits per heavy atom. The number of fused-ring (bicyclic) bond motifs is 4. The number of methoxy groups -OCH3 is 1.